The molecule has 0 aliphatic carbocycles. The Morgan fingerprint density at radius 2 is 1.93 bits per heavy atom. The fourth-order valence-corrected chi connectivity index (χ4v) is 3.38. The van der Waals surface area contributed by atoms with Crippen LogP contribution < -0.4 is 5.32 Å². The van der Waals surface area contributed by atoms with E-state index in [1.807, 2.05) is 44.5 Å². The minimum Gasteiger partial charge on any atom is -0.371 e. The molecule has 4 nitrogen and oxygen atoms in total. The first-order valence-electron chi connectivity index (χ1n) is 10.6. The number of benzene rings is 1. The van der Waals surface area contributed by atoms with Crippen molar-refractivity contribution in [3.8, 4) is 0 Å². The summed E-state index contributed by atoms with van der Waals surface area (Å²) in [6.07, 6.45) is 5.42. The average molecular weight is 400 g/mol. The third-order valence-electron chi connectivity index (χ3n) is 5.07. The Bertz CT molecular complexity index is 878. The fourth-order valence-electron chi connectivity index (χ4n) is 3.38. The van der Waals surface area contributed by atoms with E-state index in [0.717, 1.165) is 48.6 Å². The van der Waals surface area contributed by atoms with Crippen LogP contribution in [-0.2, 0) is 7.05 Å². The lowest BCUT2D eigenvalue weighted by molar-refractivity contribution is 0.101. The summed E-state index contributed by atoms with van der Waals surface area (Å²) in [4.78, 5) is 14.5. The summed E-state index contributed by atoms with van der Waals surface area (Å²) in [5.74, 6) is 0.446. The maximum atomic E-state index is 14.4. The summed E-state index contributed by atoms with van der Waals surface area (Å²) in [6, 6.07) is 7.06. The number of aryl methyl sites for hydroxylation is 1. The molecule has 158 valence electrons. The van der Waals surface area contributed by atoms with Crippen LogP contribution in [0.4, 0.5) is 15.9 Å². The maximum absolute atomic E-state index is 14.4. The third kappa shape index (κ3) is 5.08. The molecule has 1 saturated heterocycles. The number of unbranched alkanes of at least 4 members (excludes halogenated alkanes) is 1. The minimum absolute atomic E-state index is 0.00497. The molecule has 2 heterocycles. The summed E-state index contributed by atoms with van der Waals surface area (Å²) in [5.41, 5.74) is 3.98. The first-order valence-corrected chi connectivity index (χ1v) is 10.6. The lowest BCUT2D eigenvalue weighted by atomic mass is 10.1. The van der Waals surface area contributed by atoms with Crippen LogP contribution in [0, 0.1) is 12.7 Å². The number of anilines is 2. The van der Waals surface area contributed by atoms with Gasteiger partial charge in [-0.3, -0.25) is 4.79 Å². The van der Waals surface area contributed by atoms with Crippen molar-refractivity contribution >= 4 is 23.0 Å². The Labute approximate surface area is 174 Å². The van der Waals surface area contributed by atoms with Gasteiger partial charge in [0.25, 0.3) is 0 Å². The number of hydrogen-bond donors (Lipinski definition) is 1. The second kappa shape index (κ2) is 10.3. The number of rotatable bonds is 7. The molecule has 1 N–H and O–H groups in total. The number of aromatic nitrogens is 1. The Morgan fingerprint density at radius 1 is 1.24 bits per heavy atom. The van der Waals surface area contributed by atoms with Gasteiger partial charge in [-0.05, 0) is 43.5 Å². The molecular weight excluding hydrogens is 365 g/mol. The SMILES string of the molecule is CC.CCC/C=C(/c1cc(C(C)=O)n(C)c1Nc1ccc(C)cc1F)N1CCC1. The molecule has 0 spiro atoms. The predicted octanol–water partition coefficient (Wildman–Crippen LogP) is 6.29. The van der Waals surface area contributed by atoms with E-state index in [4.69, 9.17) is 0 Å². The number of likely N-dealkylation sites (tertiary alicyclic amines) is 1. The van der Waals surface area contributed by atoms with Crippen molar-refractivity contribution < 1.29 is 9.18 Å². The molecule has 0 amide bonds. The Balaban J connectivity index is 0.00000145. The highest BCUT2D eigenvalue weighted by Gasteiger charge is 2.25. The van der Waals surface area contributed by atoms with Gasteiger partial charge in [-0.1, -0.05) is 39.3 Å². The molecule has 0 bridgehead atoms. The largest absolute Gasteiger partial charge is 0.371 e. The molecule has 1 fully saturated rings. The highest BCUT2D eigenvalue weighted by Crippen LogP contribution is 2.35. The highest BCUT2D eigenvalue weighted by molar-refractivity contribution is 5.96. The van der Waals surface area contributed by atoms with Gasteiger partial charge < -0.3 is 14.8 Å². The van der Waals surface area contributed by atoms with Gasteiger partial charge in [0.2, 0.25) is 0 Å². The molecule has 1 aromatic carbocycles. The van der Waals surface area contributed by atoms with Gasteiger partial charge in [-0.25, -0.2) is 4.39 Å². The molecule has 29 heavy (non-hydrogen) atoms. The van der Waals surface area contributed by atoms with E-state index in [1.54, 1.807) is 13.0 Å². The normalized spacial score (nSPS) is 13.5. The summed E-state index contributed by atoms with van der Waals surface area (Å²) < 4.78 is 16.3. The smallest absolute Gasteiger partial charge is 0.176 e. The molecule has 0 atom stereocenters. The molecule has 0 saturated carbocycles. The molecule has 1 aromatic heterocycles. The zero-order chi connectivity index (χ0) is 21.6. The molecule has 0 unspecified atom stereocenters. The molecule has 2 aromatic rings. The van der Waals surface area contributed by atoms with E-state index in [-0.39, 0.29) is 11.6 Å². The molecule has 1 aliphatic heterocycles. The first-order chi connectivity index (χ1) is 13.9. The van der Waals surface area contributed by atoms with E-state index in [9.17, 15) is 9.18 Å². The number of nitrogens with zero attached hydrogens (tertiary/aromatic N) is 2. The van der Waals surface area contributed by atoms with Crippen LogP contribution in [0.25, 0.3) is 5.70 Å². The number of ketones is 1. The van der Waals surface area contributed by atoms with Crippen molar-refractivity contribution in [3.05, 3.63) is 53.0 Å². The average Bonchev–Trinajstić information content (AvgIpc) is 2.97. The molecular formula is C24H34FN3O. The summed E-state index contributed by atoms with van der Waals surface area (Å²) in [7, 11) is 1.85. The summed E-state index contributed by atoms with van der Waals surface area (Å²) in [6.45, 7) is 11.6. The van der Waals surface area contributed by atoms with Crippen molar-refractivity contribution in [1.82, 2.24) is 9.47 Å². The quantitative estimate of drug-likeness (QED) is 0.556. The predicted molar refractivity (Wildman–Crippen MR) is 120 cm³/mol. The lowest BCUT2D eigenvalue weighted by Gasteiger charge is -2.35. The molecule has 3 rings (SSSR count). The van der Waals surface area contributed by atoms with Gasteiger partial charge in [-0.2, -0.15) is 0 Å². The van der Waals surface area contributed by atoms with Crippen LogP contribution in [0.3, 0.4) is 0 Å². The van der Waals surface area contributed by atoms with E-state index in [0.29, 0.717) is 11.4 Å². The van der Waals surface area contributed by atoms with Gasteiger partial charge in [0.05, 0.1) is 11.4 Å². The van der Waals surface area contributed by atoms with Crippen molar-refractivity contribution in [3.63, 3.8) is 0 Å². The van der Waals surface area contributed by atoms with Crippen molar-refractivity contribution in [2.24, 2.45) is 7.05 Å². The number of carbonyl (C=O) groups is 1. The van der Waals surface area contributed by atoms with Crippen molar-refractivity contribution in [1.29, 1.82) is 0 Å². The number of allylic oxidation sites excluding steroid dienone is 1. The second-order valence-electron chi connectivity index (χ2n) is 7.23. The van der Waals surface area contributed by atoms with E-state index in [1.165, 1.54) is 12.5 Å². The van der Waals surface area contributed by atoms with Crippen LogP contribution in [0.1, 0.15) is 68.6 Å². The van der Waals surface area contributed by atoms with Gasteiger partial charge in [0.1, 0.15) is 11.6 Å². The van der Waals surface area contributed by atoms with Crippen LogP contribution in [0.15, 0.2) is 30.3 Å². The summed E-state index contributed by atoms with van der Waals surface area (Å²) in [5, 5.41) is 3.24. The Morgan fingerprint density at radius 3 is 2.45 bits per heavy atom. The zero-order valence-corrected chi connectivity index (χ0v) is 18.6. The third-order valence-corrected chi connectivity index (χ3v) is 5.07. The van der Waals surface area contributed by atoms with Gasteiger partial charge in [0, 0.05) is 38.3 Å². The van der Waals surface area contributed by atoms with Crippen LogP contribution >= 0.6 is 0 Å². The topological polar surface area (TPSA) is 37.3 Å². The lowest BCUT2D eigenvalue weighted by Crippen LogP contribution is -2.35. The fraction of sp³-hybridized carbons (Fsp3) is 0.458. The van der Waals surface area contributed by atoms with Gasteiger partial charge >= 0.3 is 0 Å². The summed E-state index contributed by atoms with van der Waals surface area (Å²) >= 11 is 0. The number of halogens is 1. The second-order valence-corrected chi connectivity index (χ2v) is 7.23. The zero-order valence-electron chi connectivity index (χ0n) is 18.6. The number of Topliss-reactive ketones (excluding diaryl/α,β-unsaturated/α-hetero) is 1. The van der Waals surface area contributed by atoms with Crippen molar-refractivity contribution in [2.75, 3.05) is 18.4 Å². The van der Waals surface area contributed by atoms with E-state index in [2.05, 4.69) is 23.2 Å². The molecule has 5 heteroatoms. The maximum Gasteiger partial charge on any atom is 0.176 e. The van der Waals surface area contributed by atoms with Crippen LogP contribution in [-0.4, -0.2) is 28.3 Å². The Kier molecular flexibility index (Phi) is 8.06. The highest BCUT2D eigenvalue weighted by atomic mass is 19.1. The van der Waals surface area contributed by atoms with Crippen LogP contribution in [0.5, 0.6) is 0 Å². The first kappa shape index (κ1) is 22.7. The number of hydrogen-bond acceptors (Lipinski definition) is 3. The van der Waals surface area contributed by atoms with Crippen molar-refractivity contribution in [2.45, 2.75) is 53.9 Å². The number of carbonyl (C=O) groups excluding carboxylic acids is 1. The van der Waals surface area contributed by atoms with Gasteiger partial charge in [0.15, 0.2) is 5.78 Å². The van der Waals surface area contributed by atoms with E-state index < -0.39 is 0 Å². The Hall–Kier alpha value is -2.56. The monoisotopic (exact) mass is 399 g/mol. The molecule has 0 radical (unpaired) electrons. The minimum atomic E-state index is -0.297. The molecule has 1 aliphatic rings. The standard InChI is InChI=1S/C22H28FN3O.C2H6/c1-5-6-8-20(26-11-7-12-26)17-14-21(16(3)27)25(4)22(17)24-19-10-9-15(2)13-18(19)23;1-2/h8-10,13-14,24H,5-7,11-12H2,1-4H3;1-2H3/b20-8-;. The number of nitrogens with one attached hydrogen (secondary N) is 1. The van der Waals surface area contributed by atoms with Crippen LogP contribution in [0.2, 0.25) is 0 Å². The van der Waals surface area contributed by atoms with E-state index >= 15 is 0 Å². The van der Waals surface area contributed by atoms with Gasteiger partial charge in [-0.15, -0.1) is 0 Å².